The number of hydrogen-bond acceptors (Lipinski definition) is 2. The molecule has 1 aliphatic rings. The minimum Gasteiger partial charge on any atom is -0.355 e. The number of benzene rings is 2. The first-order chi connectivity index (χ1) is 12.0. The second-order valence-corrected chi connectivity index (χ2v) is 6.84. The van der Waals surface area contributed by atoms with Crippen molar-refractivity contribution in [1.29, 1.82) is 0 Å². The Labute approximate surface area is 152 Å². The van der Waals surface area contributed by atoms with Crippen LogP contribution in [-0.4, -0.2) is 18.9 Å². The Balaban J connectivity index is 1.68. The molecule has 2 N–H and O–H groups in total. The van der Waals surface area contributed by atoms with Crippen molar-refractivity contribution in [3.63, 3.8) is 0 Å². The Morgan fingerprint density at radius 1 is 1.12 bits per heavy atom. The number of nitrogens with one attached hydrogen (secondary N) is 2. The molecule has 0 aliphatic heterocycles. The monoisotopic (exact) mass is 356 g/mol. The lowest BCUT2D eigenvalue weighted by atomic mass is 9.64. The summed E-state index contributed by atoms with van der Waals surface area (Å²) in [5.41, 5.74) is 2.08. The van der Waals surface area contributed by atoms with Gasteiger partial charge in [-0.3, -0.25) is 9.59 Å². The van der Waals surface area contributed by atoms with E-state index in [0.29, 0.717) is 17.1 Å². The molecule has 4 nitrogen and oxygen atoms in total. The smallest absolute Gasteiger partial charge is 0.251 e. The van der Waals surface area contributed by atoms with Crippen molar-refractivity contribution in [2.24, 2.45) is 0 Å². The van der Waals surface area contributed by atoms with Gasteiger partial charge in [-0.05, 0) is 48.2 Å². The molecule has 1 fully saturated rings. The van der Waals surface area contributed by atoms with Gasteiger partial charge in [0, 0.05) is 24.2 Å². The van der Waals surface area contributed by atoms with Gasteiger partial charge in [0.2, 0.25) is 5.91 Å². The van der Waals surface area contributed by atoms with E-state index in [-0.39, 0.29) is 11.8 Å². The fourth-order valence-corrected chi connectivity index (χ4v) is 3.42. The Hall–Kier alpha value is -2.33. The van der Waals surface area contributed by atoms with E-state index in [1.165, 1.54) is 0 Å². The average Bonchev–Trinajstić information content (AvgIpc) is 2.59. The molecule has 25 heavy (non-hydrogen) atoms. The molecule has 2 aromatic rings. The molecule has 2 amide bonds. The van der Waals surface area contributed by atoms with E-state index in [1.807, 2.05) is 36.4 Å². The molecule has 2 aromatic carbocycles. The molecule has 130 valence electrons. The van der Waals surface area contributed by atoms with Crippen molar-refractivity contribution in [1.82, 2.24) is 10.6 Å². The molecule has 0 atom stereocenters. The third-order valence-corrected chi connectivity index (χ3v) is 5.15. The number of halogens is 1. The fourth-order valence-electron chi connectivity index (χ4n) is 3.23. The molecule has 0 bridgehead atoms. The number of rotatable bonds is 5. The van der Waals surface area contributed by atoms with Gasteiger partial charge in [-0.2, -0.15) is 0 Å². The Bertz CT molecular complexity index is 783. The minimum absolute atomic E-state index is 0.0383. The van der Waals surface area contributed by atoms with Gasteiger partial charge in [-0.1, -0.05) is 42.3 Å². The second-order valence-electron chi connectivity index (χ2n) is 6.40. The van der Waals surface area contributed by atoms with Gasteiger partial charge < -0.3 is 10.6 Å². The summed E-state index contributed by atoms with van der Waals surface area (Å²) in [5.74, 6) is -0.0821. The largest absolute Gasteiger partial charge is 0.355 e. The molecule has 1 saturated carbocycles. The van der Waals surface area contributed by atoms with Gasteiger partial charge in [-0.15, -0.1) is 0 Å². The first-order valence-electron chi connectivity index (χ1n) is 8.40. The van der Waals surface area contributed by atoms with Crippen LogP contribution in [0.25, 0.3) is 0 Å². The topological polar surface area (TPSA) is 58.2 Å². The van der Waals surface area contributed by atoms with E-state index >= 15 is 0 Å². The highest BCUT2D eigenvalue weighted by atomic mass is 35.5. The fraction of sp³-hybridized carbons (Fsp3) is 0.300. The third kappa shape index (κ3) is 3.54. The van der Waals surface area contributed by atoms with Crippen LogP contribution in [0.3, 0.4) is 0 Å². The van der Waals surface area contributed by atoms with Crippen molar-refractivity contribution in [3.05, 3.63) is 70.2 Å². The summed E-state index contributed by atoms with van der Waals surface area (Å²) in [5, 5.41) is 6.28. The van der Waals surface area contributed by atoms with Crippen LogP contribution in [0.1, 0.15) is 40.7 Å². The van der Waals surface area contributed by atoms with E-state index in [2.05, 4.69) is 10.6 Å². The van der Waals surface area contributed by atoms with Crippen molar-refractivity contribution in [2.75, 3.05) is 7.05 Å². The van der Waals surface area contributed by atoms with Crippen LogP contribution >= 0.6 is 11.6 Å². The summed E-state index contributed by atoms with van der Waals surface area (Å²) < 4.78 is 0. The highest BCUT2D eigenvalue weighted by Gasteiger charge is 2.45. The maximum absolute atomic E-state index is 12.8. The molecule has 0 radical (unpaired) electrons. The molecule has 0 aromatic heterocycles. The van der Waals surface area contributed by atoms with E-state index in [4.69, 9.17) is 11.6 Å². The summed E-state index contributed by atoms with van der Waals surface area (Å²) in [6.07, 6.45) is 2.73. The number of amides is 2. The predicted molar refractivity (Wildman–Crippen MR) is 98.7 cm³/mol. The van der Waals surface area contributed by atoms with Gasteiger partial charge in [-0.25, -0.2) is 0 Å². The third-order valence-electron chi connectivity index (χ3n) is 4.92. The van der Waals surface area contributed by atoms with Gasteiger partial charge >= 0.3 is 0 Å². The van der Waals surface area contributed by atoms with Crippen LogP contribution in [0, 0.1) is 0 Å². The van der Waals surface area contributed by atoms with Crippen LogP contribution in [0.5, 0.6) is 0 Å². The minimum atomic E-state index is -0.465. The maximum atomic E-state index is 12.8. The van der Waals surface area contributed by atoms with Crippen molar-refractivity contribution in [3.8, 4) is 0 Å². The molecule has 0 unspecified atom stereocenters. The molecule has 3 rings (SSSR count). The van der Waals surface area contributed by atoms with Crippen molar-refractivity contribution >= 4 is 23.4 Å². The summed E-state index contributed by atoms with van der Waals surface area (Å²) in [7, 11) is 1.60. The number of hydrogen-bond donors (Lipinski definition) is 2. The van der Waals surface area contributed by atoms with E-state index in [9.17, 15) is 9.59 Å². The zero-order valence-corrected chi connectivity index (χ0v) is 14.9. The lowest BCUT2D eigenvalue weighted by Gasteiger charge is -2.40. The Morgan fingerprint density at radius 3 is 2.40 bits per heavy atom. The SMILES string of the molecule is CNC(=O)c1ccc(CNC(=O)C2(c3cccc(Cl)c3)CCC2)cc1. The lowest BCUT2D eigenvalue weighted by molar-refractivity contribution is -0.130. The second kappa shape index (κ2) is 7.28. The number of carbonyl (C=O) groups is 2. The highest BCUT2D eigenvalue weighted by Crippen LogP contribution is 2.44. The standard InChI is InChI=1S/C20H21ClN2O2/c1-22-18(24)15-8-6-14(7-9-15)13-23-19(25)20(10-3-11-20)16-4-2-5-17(21)12-16/h2,4-9,12H,3,10-11,13H2,1H3,(H,22,24)(H,23,25). The van der Waals surface area contributed by atoms with Crippen molar-refractivity contribution < 1.29 is 9.59 Å². The molecule has 0 heterocycles. The maximum Gasteiger partial charge on any atom is 0.251 e. The van der Waals surface area contributed by atoms with Crippen LogP contribution in [-0.2, 0) is 16.8 Å². The molecule has 5 heteroatoms. The van der Waals surface area contributed by atoms with Crippen molar-refractivity contribution in [2.45, 2.75) is 31.2 Å². The molecular formula is C20H21ClN2O2. The zero-order valence-electron chi connectivity index (χ0n) is 14.1. The van der Waals surface area contributed by atoms with Gasteiger partial charge in [0.05, 0.1) is 5.41 Å². The summed E-state index contributed by atoms with van der Waals surface area (Å²) >= 11 is 6.10. The highest BCUT2D eigenvalue weighted by molar-refractivity contribution is 6.30. The molecule has 1 aliphatic carbocycles. The predicted octanol–water partition coefficient (Wildman–Crippen LogP) is 3.44. The summed E-state index contributed by atoms with van der Waals surface area (Å²) in [6.45, 7) is 0.440. The van der Waals surface area contributed by atoms with Crippen LogP contribution in [0.4, 0.5) is 0 Å². The zero-order chi connectivity index (χ0) is 17.9. The van der Waals surface area contributed by atoms with E-state index in [1.54, 1.807) is 19.2 Å². The Morgan fingerprint density at radius 2 is 1.84 bits per heavy atom. The first kappa shape index (κ1) is 17.5. The number of carbonyl (C=O) groups excluding carboxylic acids is 2. The molecule has 0 spiro atoms. The van der Waals surface area contributed by atoms with Crippen LogP contribution in [0.2, 0.25) is 5.02 Å². The Kier molecular flexibility index (Phi) is 5.09. The molecule has 0 saturated heterocycles. The average molecular weight is 357 g/mol. The van der Waals surface area contributed by atoms with Gasteiger partial charge in [0.25, 0.3) is 5.91 Å². The van der Waals surface area contributed by atoms with Gasteiger partial charge in [0.15, 0.2) is 0 Å². The molecular weight excluding hydrogens is 336 g/mol. The first-order valence-corrected chi connectivity index (χ1v) is 8.78. The van der Waals surface area contributed by atoms with E-state index < -0.39 is 5.41 Å². The van der Waals surface area contributed by atoms with Crippen LogP contribution < -0.4 is 10.6 Å². The lowest BCUT2D eigenvalue weighted by Crippen LogP contribution is -2.49. The summed E-state index contributed by atoms with van der Waals surface area (Å²) in [6, 6.07) is 14.8. The van der Waals surface area contributed by atoms with Crippen LogP contribution in [0.15, 0.2) is 48.5 Å². The normalized spacial score (nSPS) is 15.1. The summed E-state index contributed by atoms with van der Waals surface area (Å²) in [4.78, 5) is 24.4. The van der Waals surface area contributed by atoms with Gasteiger partial charge in [0.1, 0.15) is 0 Å². The van der Waals surface area contributed by atoms with E-state index in [0.717, 1.165) is 30.4 Å². The quantitative estimate of drug-likeness (QED) is 0.862.